The van der Waals surface area contributed by atoms with E-state index in [4.69, 9.17) is 0 Å². The number of rotatable bonds is 7. The van der Waals surface area contributed by atoms with Crippen LogP contribution in [-0.4, -0.2) is 44.7 Å². The second-order valence-electron chi connectivity index (χ2n) is 14.8. The lowest BCUT2D eigenvalue weighted by atomic mass is 9.39. The number of hydrogen-bond donors (Lipinski definition) is 2. The van der Waals surface area contributed by atoms with E-state index in [0.29, 0.717) is 36.0 Å². The van der Waals surface area contributed by atoms with Gasteiger partial charge in [-0.25, -0.2) is 4.39 Å². The molecule has 0 radical (unpaired) electrons. The summed E-state index contributed by atoms with van der Waals surface area (Å²) in [4.78, 5) is 69.2. The third-order valence-corrected chi connectivity index (χ3v) is 11.0. The van der Waals surface area contributed by atoms with Gasteiger partial charge in [0.2, 0.25) is 0 Å². The summed E-state index contributed by atoms with van der Waals surface area (Å²) in [6.45, 7) is 12.0. The van der Waals surface area contributed by atoms with E-state index in [9.17, 15) is 38.6 Å². The van der Waals surface area contributed by atoms with Gasteiger partial charge >= 0.3 is 0 Å². The normalized spacial score (nSPS) is 31.2. The molecule has 7 nitrogen and oxygen atoms in total. The number of phenols is 1. The van der Waals surface area contributed by atoms with E-state index in [1.54, 1.807) is 45.9 Å². The van der Waals surface area contributed by atoms with Gasteiger partial charge in [-0.2, -0.15) is 0 Å². The minimum absolute atomic E-state index is 0.0196. The topological polar surface area (TPSA) is 126 Å². The van der Waals surface area contributed by atoms with Gasteiger partial charge in [0.25, 0.3) is 0 Å². The van der Waals surface area contributed by atoms with E-state index in [1.165, 1.54) is 6.07 Å². The summed E-state index contributed by atoms with van der Waals surface area (Å²) in [6, 6.07) is 8.38. The molecule has 2 aromatic carbocycles. The first-order valence-electron chi connectivity index (χ1n) is 15.9. The Balaban J connectivity index is 1.62. The van der Waals surface area contributed by atoms with Crippen LogP contribution >= 0.6 is 0 Å². The van der Waals surface area contributed by atoms with E-state index < -0.39 is 69.0 Å². The molecule has 2 N–H and O–H groups in total. The SMILES string of the molecule is CC(=O)C1C(=O)C(C(C)C)[C@@]2(C)C[C@@]3(C)Cc4c(C(C)C)cc(CCCc5ccccc5F)c(O)c4C(=O)C3C(=O)[C@@]2(O)C1=O. The molecule has 240 valence electrons. The van der Waals surface area contributed by atoms with Crippen LogP contribution in [0.3, 0.4) is 0 Å². The molecule has 8 heteroatoms. The standard InChI is InChI=1S/C37H43FO7/c1-18(2)23-15-22(13-10-12-21-11-8-9-14-25(21)38)30(40)27-24(23)16-35(6)17-36(7)28(19(3)4)31(41)26(20(5)39)33(43)37(36,45)34(44)29(35)32(27)42/h8-9,11,14-15,18-19,26,28-29,40,45H,10,12-13,16-17H2,1-7H3/t26?,28?,29?,35-,36-,37+/m1/s1. The highest BCUT2D eigenvalue weighted by molar-refractivity contribution is 6.32. The van der Waals surface area contributed by atoms with Crippen molar-refractivity contribution in [3.05, 3.63) is 64.0 Å². The maximum atomic E-state index is 14.5. The number of aromatic hydroxyl groups is 1. The van der Waals surface area contributed by atoms with E-state index >= 15 is 0 Å². The molecule has 0 aliphatic heterocycles. The monoisotopic (exact) mass is 618 g/mol. The number of hydrogen-bond acceptors (Lipinski definition) is 7. The lowest BCUT2D eigenvalue weighted by molar-refractivity contribution is -0.205. The third kappa shape index (κ3) is 4.65. The first-order chi connectivity index (χ1) is 20.9. The predicted octanol–water partition coefficient (Wildman–Crippen LogP) is 5.53. The number of phenolic OH excluding ortho intramolecular Hbond substituents is 1. The number of halogens is 1. The van der Waals surface area contributed by atoms with Gasteiger partial charge in [0.05, 0.1) is 11.5 Å². The fraction of sp³-hybridized carbons (Fsp3) is 0.541. The van der Waals surface area contributed by atoms with Gasteiger partial charge in [0, 0.05) is 11.3 Å². The molecule has 6 atom stereocenters. The molecule has 2 fully saturated rings. The average Bonchev–Trinajstić information content (AvgIpc) is 2.92. The van der Waals surface area contributed by atoms with Crippen molar-refractivity contribution in [1.29, 1.82) is 0 Å². The van der Waals surface area contributed by atoms with E-state index in [-0.39, 0.29) is 35.9 Å². The number of benzene rings is 2. The summed E-state index contributed by atoms with van der Waals surface area (Å²) in [7, 11) is 0. The Hall–Kier alpha value is -3.52. The number of Topliss-reactive ketones (excluding diaryl/α,β-unsaturated/α-hetero) is 5. The second kappa shape index (κ2) is 11.1. The highest BCUT2D eigenvalue weighted by Gasteiger charge is 2.76. The molecule has 0 spiro atoms. The van der Waals surface area contributed by atoms with Crippen molar-refractivity contribution in [1.82, 2.24) is 0 Å². The largest absolute Gasteiger partial charge is 0.507 e. The van der Waals surface area contributed by atoms with Crippen LogP contribution in [0.4, 0.5) is 4.39 Å². The fourth-order valence-electron chi connectivity index (χ4n) is 9.17. The zero-order chi connectivity index (χ0) is 33.4. The van der Waals surface area contributed by atoms with Crippen molar-refractivity contribution in [3.63, 3.8) is 0 Å². The van der Waals surface area contributed by atoms with Crippen LogP contribution < -0.4 is 0 Å². The van der Waals surface area contributed by atoms with Crippen LogP contribution in [0, 0.1) is 40.3 Å². The molecular weight excluding hydrogens is 575 g/mol. The molecule has 0 aromatic heterocycles. The van der Waals surface area contributed by atoms with E-state index in [2.05, 4.69) is 0 Å². The van der Waals surface area contributed by atoms with Crippen molar-refractivity contribution >= 4 is 28.9 Å². The van der Waals surface area contributed by atoms with Gasteiger partial charge < -0.3 is 10.2 Å². The molecule has 0 saturated heterocycles. The lowest BCUT2D eigenvalue weighted by Gasteiger charge is -2.62. The third-order valence-electron chi connectivity index (χ3n) is 11.0. The summed E-state index contributed by atoms with van der Waals surface area (Å²) in [5.74, 6) is -9.35. The Morgan fingerprint density at radius 3 is 2.20 bits per heavy atom. The van der Waals surface area contributed by atoms with Crippen molar-refractivity contribution < 1.29 is 38.6 Å². The second-order valence-corrected chi connectivity index (χ2v) is 14.8. The average molecular weight is 619 g/mol. The van der Waals surface area contributed by atoms with E-state index in [1.807, 2.05) is 19.9 Å². The minimum atomic E-state index is -2.72. The first-order valence-corrected chi connectivity index (χ1v) is 15.9. The Morgan fingerprint density at radius 2 is 1.62 bits per heavy atom. The molecule has 3 unspecified atom stereocenters. The predicted molar refractivity (Wildman–Crippen MR) is 165 cm³/mol. The first kappa shape index (κ1) is 32.9. The van der Waals surface area contributed by atoms with Gasteiger partial charge in [-0.1, -0.05) is 65.8 Å². The molecule has 2 saturated carbocycles. The number of aryl methyl sites for hydroxylation is 2. The maximum Gasteiger partial charge on any atom is 0.190 e. The molecule has 45 heavy (non-hydrogen) atoms. The summed E-state index contributed by atoms with van der Waals surface area (Å²) >= 11 is 0. The van der Waals surface area contributed by atoms with Crippen molar-refractivity contribution in [2.24, 2.45) is 34.5 Å². The Kier molecular flexibility index (Phi) is 8.09. The number of fused-ring (bicyclic) bond motifs is 3. The molecular formula is C37H43FO7. The lowest BCUT2D eigenvalue weighted by Crippen LogP contribution is -2.76. The van der Waals surface area contributed by atoms with Gasteiger partial charge in [-0.05, 0) is 84.6 Å². The van der Waals surface area contributed by atoms with E-state index in [0.717, 1.165) is 12.5 Å². The van der Waals surface area contributed by atoms with Gasteiger partial charge in [0.1, 0.15) is 23.3 Å². The smallest absolute Gasteiger partial charge is 0.190 e. The maximum absolute atomic E-state index is 14.5. The van der Waals surface area contributed by atoms with Gasteiger partial charge in [-0.15, -0.1) is 0 Å². The van der Waals surface area contributed by atoms with Crippen LogP contribution in [0.5, 0.6) is 5.75 Å². The quantitative estimate of drug-likeness (QED) is 0.391. The number of carbonyl (C=O) groups excluding carboxylic acids is 5. The fourth-order valence-corrected chi connectivity index (χ4v) is 9.17. The van der Waals surface area contributed by atoms with Crippen LogP contribution in [0.1, 0.15) is 99.8 Å². The van der Waals surface area contributed by atoms with Crippen LogP contribution in [-0.2, 0) is 38.4 Å². The minimum Gasteiger partial charge on any atom is -0.507 e. The summed E-state index contributed by atoms with van der Waals surface area (Å²) in [5.41, 5.74) is -2.78. The molecule has 0 bridgehead atoms. The number of aliphatic hydroxyl groups is 1. The van der Waals surface area contributed by atoms with Crippen molar-refractivity contribution in [3.8, 4) is 5.75 Å². The van der Waals surface area contributed by atoms with Gasteiger partial charge in [0.15, 0.2) is 28.7 Å². The number of ketones is 5. The Labute approximate surface area is 263 Å². The molecule has 3 aliphatic rings. The summed E-state index contributed by atoms with van der Waals surface area (Å²) in [6.07, 6.45) is 1.52. The van der Waals surface area contributed by atoms with Crippen LogP contribution in [0.25, 0.3) is 0 Å². The molecule has 0 amide bonds. The van der Waals surface area contributed by atoms with Gasteiger partial charge in [-0.3, -0.25) is 24.0 Å². The Morgan fingerprint density at radius 1 is 1.00 bits per heavy atom. The Bertz CT molecular complexity index is 1640. The molecule has 2 aromatic rings. The van der Waals surface area contributed by atoms with Crippen molar-refractivity contribution in [2.45, 2.75) is 92.1 Å². The summed E-state index contributed by atoms with van der Waals surface area (Å²) in [5, 5.41) is 23.8. The summed E-state index contributed by atoms with van der Waals surface area (Å²) < 4.78 is 14.2. The van der Waals surface area contributed by atoms with Crippen molar-refractivity contribution in [2.75, 3.05) is 0 Å². The highest BCUT2D eigenvalue weighted by Crippen LogP contribution is 2.64. The zero-order valence-electron chi connectivity index (χ0n) is 27.1. The highest BCUT2D eigenvalue weighted by atomic mass is 19.1. The molecule has 0 heterocycles. The molecule has 5 rings (SSSR count). The zero-order valence-corrected chi connectivity index (χ0v) is 27.1. The van der Waals surface area contributed by atoms with Crippen LogP contribution in [0.2, 0.25) is 0 Å². The number of carbonyl (C=O) groups is 5. The molecule has 3 aliphatic carbocycles. The van der Waals surface area contributed by atoms with Crippen LogP contribution in [0.15, 0.2) is 30.3 Å².